The van der Waals surface area contributed by atoms with Crippen molar-refractivity contribution in [1.82, 2.24) is 0 Å². The molecule has 0 bridgehead atoms. The Hall–Kier alpha value is -0.643. The molecule has 0 radical (unpaired) electrons. The van der Waals surface area contributed by atoms with E-state index in [2.05, 4.69) is 6.08 Å². The van der Waals surface area contributed by atoms with E-state index in [1.165, 1.54) is 5.56 Å². The zero-order valence-corrected chi connectivity index (χ0v) is 5.58. The SMILES string of the molecule is C1=Cc2ccccc2OC1.[LiH]. The summed E-state index contributed by atoms with van der Waals surface area (Å²) in [6.45, 7) is 0.705. The van der Waals surface area contributed by atoms with Crippen molar-refractivity contribution in [3.8, 4) is 5.75 Å². The standard InChI is InChI=1S/C9H8O.Li.H/c1-2-6-9-8(4-1)5-3-7-10-9;;/h1-6H,7H2;;. The predicted octanol–water partition coefficient (Wildman–Crippen LogP) is 1.44. The Kier molecular flexibility index (Phi) is 2.82. The average molecular weight is 140 g/mol. The molecule has 1 aromatic carbocycles. The first-order valence-electron chi connectivity index (χ1n) is 3.35. The predicted molar refractivity (Wildman–Crippen MR) is 48.1 cm³/mol. The van der Waals surface area contributed by atoms with Crippen LogP contribution in [0.5, 0.6) is 5.75 Å². The second-order valence-corrected chi connectivity index (χ2v) is 2.25. The third-order valence-corrected chi connectivity index (χ3v) is 1.55. The Morgan fingerprint density at radius 3 is 2.82 bits per heavy atom. The average Bonchev–Trinajstić information content (AvgIpc) is 2.05. The zero-order valence-electron chi connectivity index (χ0n) is 5.58. The number of fused-ring (bicyclic) bond motifs is 1. The van der Waals surface area contributed by atoms with Gasteiger partial charge in [0.25, 0.3) is 0 Å². The van der Waals surface area contributed by atoms with Gasteiger partial charge in [0.2, 0.25) is 0 Å². The molecule has 1 aliphatic rings. The summed E-state index contributed by atoms with van der Waals surface area (Å²) in [5.41, 5.74) is 1.17. The molecule has 2 heteroatoms. The molecule has 0 amide bonds. The van der Waals surface area contributed by atoms with Gasteiger partial charge in [-0.15, -0.1) is 0 Å². The van der Waals surface area contributed by atoms with Crippen LogP contribution in [0, 0.1) is 0 Å². The molecule has 0 fully saturated rings. The van der Waals surface area contributed by atoms with Crippen LogP contribution in [0.2, 0.25) is 0 Å². The number of rotatable bonds is 0. The number of benzene rings is 1. The van der Waals surface area contributed by atoms with Crippen LogP contribution in [0.25, 0.3) is 6.08 Å². The van der Waals surface area contributed by atoms with Gasteiger partial charge in [0.15, 0.2) is 0 Å². The normalized spacial score (nSPS) is 12.7. The van der Waals surface area contributed by atoms with E-state index in [1.54, 1.807) is 0 Å². The molecule has 0 aromatic heterocycles. The molecule has 52 valence electrons. The molecule has 0 unspecified atom stereocenters. The summed E-state index contributed by atoms with van der Waals surface area (Å²) < 4.78 is 5.34. The van der Waals surface area contributed by atoms with E-state index < -0.39 is 0 Å². The number of para-hydroxylation sites is 1. The molecule has 1 aliphatic heterocycles. The van der Waals surface area contributed by atoms with Crippen LogP contribution in [0.3, 0.4) is 0 Å². The van der Waals surface area contributed by atoms with Crippen LogP contribution in [0.4, 0.5) is 0 Å². The van der Waals surface area contributed by atoms with Crippen molar-refractivity contribution in [3.05, 3.63) is 35.9 Å². The summed E-state index contributed by atoms with van der Waals surface area (Å²) in [6, 6.07) is 8.03. The van der Waals surface area contributed by atoms with Gasteiger partial charge in [-0.1, -0.05) is 24.3 Å². The van der Waals surface area contributed by atoms with Crippen molar-refractivity contribution in [2.45, 2.75) is 0 Å². The first-order chi connectivity index (χ1) is 4.97. The van der Waals surface area contributed by atoms with Gasteiger partial charge in [0, 0.05) is 5.56 Å². The van der Waals surface area contributed by atoms with E-state index >= 15 is 0 Å². The summed E-state index contributed by atoms with van der Waals surface area (Å²) in [6.07, 6.45) is 4.10. The third kappa shape index (κ3) is 1.68. The molecule has 1 nitrogen and oxygen atoms in total. The fourth-order valence-corrected chi connectivity index (χ4v) is 1.06. The first kappa shape index (κ1) is 8.45. The Bertz CT molecular complexity index is 268. The van der Waals surface area contributed by atoms with Gasteiger partial charge in [-0.05, 0) is 12.1 Å². The maximum atomic E-state index is 5.34. The summed E-state index contributed by atoms with van der Waals surface area (Å²) in [4.78, 5) is 0. The van der Waals surface area contributed by atoms with Gasteiger partial charge in [-0.3, -0.25) is 0 Å². The van der Waals surface area contributed by atoms with Crippen LogP contribution in [0.15, 0.2) is 30.3 Å². The summed E-state index contributed by atoms with van der Waals surface area (Å²) in [7, 11) is 0. The van der Waals surface area contributed by atoms with Gasteiger partial charge in [-0.25, -0.2) is 0 Å². The molecule has 0 aliphatic carbocycles. The Balaban J connectivity index is 0.000000605. The van der Waals surface area contributed by atoms with Gasteiger partial charge in [-0.2, -0.15) is 0 Å². The Morgan fingerprint density at radius 1 is 1.18 bits per heavy atom. The van der Waals surface area contributed by atoms with Gasteiger partial charge >= 0.3 is 18.9 Å². The molecule has 1 aromatic rings. The summed E-state index contributed by atoms with van der Waals surface area (Å²) in [5.74, 6) is 0.991. The molecule has 0 N–H and O–H groups in total. The Morgan fingerprint density at radius 2 is 2.00 bits per heavy atom. The number of ether oxygens (including phenoxy) is 1. The van der Waals surface area contributed by atoms with Crippen LogP contribution in [-0.2, 0) is 0 Å². The fourth-order valence-electron chi connectivity index (χ4n) is 1.06. The van der Waals surface area contributed by atoms with Crippen molar-refractivity contribution in [1.29, 1.82) is 0 Å². The first-order valence-corrected chi connectivity index (χ1v) is 3.35. The second-order valence-electron chi connectivity index (χ2n) is 2.25. The molecule has 11 heavy (non-hydrogen) atoms. The molecule has 0 atom stereocenters. The quantitative estimate of drug-likeness (QED) is 0.495. The third-order valence-electron chi connectivity index (χ3n) is 1.55. The minimum atomic E-state index is 0. The second kappa shape index (κ2) is 3.66. The number of hydrogen-bond donors (Lipinski definition) is 0. The van der Waals surface area contributed by atoms with E-state index in [9.17, 15) is 0 Å². The van der Waals surface area contributed by atoms with Crippen molar-refractivity contribution >= 4 is 24.9 Å². The minimum absolute atomic E-state index is 0. The van der Waals surface area contributed by atoms with E-state index in [0.717, 1.165) is 5.75 Å². The summed E-state index contributed by atoms with van der Waals surface area (Å²) in [5, 5.41) is 0. The maximum absolute atomic E-state index is 5.34. The molecular weight excluding hydrogens is 131 g/mol. The Labute approximate surface area is 78.2 Å². The molecule has 0 saturated heterocycles. The zero-order chi connectivity index (χ0) is 6.81. The molecular formula is C9H9LiO. The van der Waals surface area contributed by atoms with Crippen LogP contribution < -0.4 is 4.74 Å². The van der Waals surface area contributed by atoms with Gasteiger partial charge in [0.1, 0.15) is 12.4 Å². The van der Waals surface area contributed by atoms with E-state index in [-0.39, 0.29) is 18.9 Å². The molecule has 1 heterocycles. The monoisotopic (exact) mass is 140 g/mol. The van der Waals surface area contributed by atoms with Crippen molar-refractivity contribution < 1.29 is 4.74 Å². The van der Waals surface area contributed by atoms with Crippen molar-refractivity contribution in [3.63, 3.8) is 0 Å². The van der Waals surface area contributed by atoms with Gasteiger partial charge < -0.3 is 4.74 Å². The number of hydrogen-bond acceptors (Lipinski definition) is 1. The van der Waals surface area contributed by atoms with Crippen LogP contribution >= 0.6 is 0 Å². The van der Waals surface area contributed by atoms with E-state index in [0.29, 0.717) is 6.61 Å². The van der Waals surface area contributed by atoms with Crippen molar-refractivity contribution in [2.75, 3.05) is 6.61 Å². The molecule has 2 rings (SSSR count). The van der Waals surface area contributed by atoms with E-state index in [1.807, 2.05) is 30.3 Å². The van der Waals surface area contributed by atoms with Crippen LogP contribution in [-0.4, -0.2) is 25.5 Å². The van der Waals surface area contributed by atoms with Gasteiger partial charge in [0.05, 0.1) is 0 Å². The van der Waals surface area contributed by atoms with E-state index in [4.69, 9.17) is 4.74 Å². The fraction of sp³-hybridized carbons (Fsp3) is 0.111. The topological polar surface area (TPSA) is 9.23 Å². The molecule has 0 spiro atoms. The van der Waals surface area contributed by atoms with Crippen LogP contribution in [0.1, 0.15) is 5.56 Å². The molecule has 0 saturated carbocycles. The summed E-state index contributed by atoms with van der Waals surface area (Å²) >= 11 is 0. The van der Waals surface area contributed by atoms with Crippen molar-refractivity contribution in [2.24, 2.45) is 0 Å².